The van der Waals surface area contributed by atoms with Gasteiger partial charge in [-0.15, -0.1) is 0 Å². The minimum atomic E-state index is -2.00. The summed E-state index contributed by atoms with van der Waals surface area (Å²) < 4.78 is 36.6. The molecule has 0 saturated carbocycles. The van der Waals surface area contributed by atoms with Crippen molar-refractivity contribution in [2.24, 2.45) is 0 Å². The first kappa shape index (κ1) is 23.1. The molecule has 1 aliphatic heterocycles. The number of hydrogen-bond acceptors (Lipinski definition) is 7. The van der Waals surface area contributed by atoms with E-state index in [0.717, 1.165) is 0 Å². The summed E-state index contributed by atoms with van der Waals surface area (Å²) in [6, 6.07) is 24.2. The summed E-state index contributed by atoms with van der Waals surface area (Å²) in [5.41, 5.74) is 0.705. The molecule has 3 aromatic rings. The molecule has 4 atom stereocenters. The molecule has 0 aromatic heterocycles. The topological polar surface area (TPSA) is 88.1 Å². The number of alkyl halides is 1. The quantitative estimate of drug-likeness (QED) is 0.386. The zero-order valence-corrected chi connectivity index (χ0v) is 17.9. The number of halogens is 1. The van der Waals surface area contributed by atoms with Gasteiger partial charge in [-0.05, 0) is 36.4 Å². The molecule has 174 valence electrons. The number of carbonyl (C=O) groups is 3. The average molecular weight is 464 g/mol. The first-order chi connectivity index (χ1) is 16.5. The van der Waals surface area contributed by atoms with Crippen molar-refractivity contribution in [1.29, 1.82) is 0 Å². The highest BCUT2D eigenvalue weighted by Gasteiger charge is 2.50. The van der Waals surface area contributed by atoms with Crippen molar-refractivity contribution >= 4 is 17.9 Å². The maximum absolute atomic E-state index is 15.3. The van der Waals surface area contributed by atoms with Crippen molar-refractivity contribution in [3.8, 4) is 0 Å². The van der Waals surface area contributed by atoms with Crippen molar-refractivity contribution in [2.45, 2.75) is 24.7 Å². The monoisotopic (exact) mass is 464 g/mol. The van der Waals surface area contributed by atoms with Crippen LogP contribution in [0.25, 0.3) is 0 Å². The van der Waals surface area contributed by atoms with Crippen LogP contribution in [0.4, 0.5) is 4.39 Å². The van der Waals surface area contributed by atoms with Gasteiger partial charge in [-0.3, -0.25) is 0 Å². The SMILES string of the molecule is O=C(OCC1O[C@H](OC(=O)c2ccccc2)[C@@H](F)C1OC(=O)c1ccccc1)c1ccccc1. The van der Waals surface area contributed by atoms with Gasteiger partial charge in [0, 0.05) is 0 Å². The van der Waals surface area contributed by atoms with Crippen LogP contribution in [0.1, 0.15) is 31.1 Å². The average Bonchev–Trinajstić information content (AvgIpc) is 3.17. The molecule has 0 N–H and O–H groups in total. The molecule has 0 amide bonds. The minimum absolute atomic E-state index is 0.204. The van der Waals surface area contributed by atoms with Gasteiger partial charge in [-0.1, -0.05) is 54.6 Å². The molecule has 1 saturated heterocycles. The minimum Gasteiger partial charge on any atom is -0.459 e. The highest BCUT2D eigenvalue weighted by molar-refractivity contribution is 5.90. The van der Waals surface area contributed by atoms with Gasteiger partial charge in [0.1, 0.15) is 12.7 Å². The van der Waals surface area contributed by atoms with E-state index in [2.05, 4.69) is 0 Å². The molecule has 0 bridgehead atoms. The van der Waals surface area contributed by atoms with Gasteiger partial charge in [0.05, 0.1) is 16.7 Å². The van der Waals surface area contributed by atoms with E-state index in [1.54, 1.807) is 66.7 Å². The molecule has 8 heteroatoms. The molecule has 0 radical (unpaired) electrons. The van der Waals surface area contributed by atoms with E-state index in [1.807, 2.05) is 0 Å². The maximum Gasteiger partial charge on any atom is 0.340 e. The molecule has 0 spiro atoms. The van der Waals surface area contributed by atoms with Gasteiger partial charge in [0.2, 0.25) is 12.5 Å². The largest absolute Gasteiger partial charge is 0.459 e. The Bertz CT molecular complexity index is 1120. The highest BCUT2D eigenvalue weighted by atomic mass is 19.1. The van der Waals surface area contributed by atoms with Crippen LogP contribution in [0.2, 0.25) is 0 Å². The molecule has 0 aliphatic carbocycles. The smallest absolute Gasteiger partial charge is 0.340 e. The second-order valence-corrected chi connectivity index (χ2v) is 7.46. The molecule has 1 heterocycles. The molecule has 2 unspecified atom stereocenters. The van der Waals surface area contributed by atoms with Gasteiger partial charge < -0.3 is 18.9 Å². The predicted octanol–water partition coefficient (Wildman–Crippen LogP) is 3.99. The van der Waals surface area contributed by atoms with Gasteiger partial charge in [0.25, 0.3) is 0 Å². The first-order valence-electron chi connectivity index (χ1n) is 10.6. The van der Waals surface area contributed by atoms with Crippen LogP contribution in [0, 0.1) is 0 Å². The molecule has 34 heavy (non-hydrogen) atoms. The molecule has 1 aliphatic rings. The van der Waals surface area contributed by atoms with Crippen LogP contribution < -0.4 is 0 Å². The van der Waals surface area contributed by atoms with Crippen molar-refractivity contribution in [3.05, 3.63) is 108 Å². The summed E-state index contributed by atoms with van der Waals surface area (Å²) in [6.45, 7) is -0.416. The third-order valence-corrected chi connectivity index (χ3v) is 5.12. The number of esters is 3. The highest BCUT2D eigenvalue weighted by Crippen LogP contribution is 2.29. The van der Waals surface area contributed by atoms with E-state index in [-0.39, 0.29) is 11.1 Å². The van der Waals surface area contributed by atoms with Gasteiger partial charge >= 0.3 is 17.9 Å². The van der Waals surface area contributed by atoms with Crippen molar-refractivity contribution in [3.63, 3.8) is 0 Å². The third kappa shape index (κ3) is 5.47. The van der Waals surface area contributed by atoms with E-state index in [4.69, 9.17) is 18.9 Å². The fourth-order valence-electron chi connectivity index (χ4n) is 3.38. The number of benzene rings is 3. The fraction of sp³-hybridized carbons (Fsp3) is 0.192. The second-order valence-electron chi connectivity index (χ2n) is 7.46. The Kier molecular flexibility index (Phi) is 7.29. The van der Waals surface area contributed by atoms with Crippen LogP contribution in [0.15, 0.2) is 91.0 Å². The Balaban J connectivity index is 1.47. The molecular weight excluding hydrogens is 443 g/mol. The Hall–Kier alpha value is -4.04. The summed E-state index contributed by atoms with van der Waals surface area (Å²) in [5, 5.41) is 0. The lowest BCUT2D eigenvalue weighted by Crippen LogP contribution is -2.37. The maximum atomic E-state index is 15.3. The standard InChI is InChI=1S/C26H21FO7/c27-21-22(33-24(29)18-12-6-2-7-13-18)20(16-31-23(28)17-10-4-1-5-11-17)32-26(21)34-25(30)19-14-8-3-9-15-19/h1-15,20-22,26H,16H2/t20?,21-,22?,26+/m0/s1. The molecule has 3 aromatic carbocycles. The molecule has 4 rings (SSSR count). The van der Waals surface area contributed by atoms with E-state index >= 15 is 4.39 Å². The van der Waals surface area contributed by atoms with Crippen LogP contribution >= 0.6 is 0 Å². The van der Waals surface area contributed by atoms with Crippen LogP contribution in [0.3, 0.4) is 0 Å². The predicted molar refractivity (Wildman–Crippen MR) is 118 cm³/mol. The van der Waals surface area contributed by atoms with Gasteiger partial charge in [0.15, 0.2) is 6.10 Å². The molecule has 1 fully saturated rings. The van der Waals surface area contributed by atoms with Gasteiger partial charge in [-0.25, -0.2) is 18.8 Å². The normalized spacial score (nSPS) is 21.4. The summed E-state index contributed by atoms with van der Waals surface area (Å²) in [4.78, 5) is 37.2. The summed E-state index contributed by atoms with van der Waals surface area (Å²) in [5.74, 6) is -2.24. The first-order valence-corrected chi connectivity index (χ1v) is 10.6. The lowest BCUT2D eigenvalue weighted by Gasteiger charge is -2.19. The number of ether oxygens (including phenoxy) is 4. The van der Waals surface area contributed by atoms with Crippen molar-refractivity contribution < 1.29 is 37.7 Å². The van der Waals surface area contributed by atoms with E-state index in [0.29, 0.717) is 5.56 Å². The summed E-state index contributed by atoms with van der Waals surface area (Å²) in [7, 11) is 0. The number of hydrogen-bond donors (Lipinski definition) is 0. The molecule has 7 nitrogen and oxygen atoms in total. The lowest BCUT2D eigenvalue weighted by molar-refractivity contribution is -0.129. The van der Waals surface area contributed by atoms with E-state index in [9.17, 15) is 14.4 Å². The third-order valence-electron chi connectivity index (χ3n) is 5.12. The Morgan fingerprint density at radius 3 is 1.62 bits per heavy atom. The Morgan fingerprint density at radius 2 is 1.12 bits per heavy atom. The number of carbonyl (C=O) groups excluding carboxylic acids is 3. The fourth-order valence-corrected chi connectivity index (χ4v) is 3.38. The lowest BCUT2D eigenvalue weighted by atomic mass is 10.1. The molecular formula is C26H21FO7. The summed E-state index contributed by atoms with van der Waals surface area (Å²) in [6.07, 6.45) is -6.31. The Labute approximate surface area is 195 Å². The summed E-state index contributed by atoms with van der Waals surface area (Å²) >= 11 is 0. The zero-order chi connectivity index (χ0) is 23.9. The van der Waals surface area contributed by atoms with Crippen LogP contribution in [0.5, 0.6) is 0 Å². The zero-order valence-electron chi connectivity index (χ0n) is 17.9. The Morgan fingerprint density at radius 1 is 0.676 bits per heavy atom. The van der Waals surface area contributed by atoms with Crippen LogP contribution in [-0.2, 0) is 18.9 Å². The van der Waals surface area contributed by atoms with E-state index < -0.39 is 49.2 Å². The van der Waals surface area contributed by atoms with Crippen molar-refractivity contribution in [1.82, 2.24) is 0 Å². The second kappa shape index (κ2) is 10.7. The van der Waals surface area contributed by atoms with Crippen LogP contribution in [-0.4, -0.2) is 49.2 Å². The van der Waals surface area contributed by atoms with E-state index in [1.165, 1.54) is 24.3 Å². The van der Waals surface area contributed by atoms with Gasteiger partial charge in [-0.2, -0.15) is 0 Å². The van der Waals surface area contributed by atoms with Crippen molar-refractivity contribution in [2.75, 3.05) is 6.61 Å². The number of rotatable bonds is 7.